The van der Waals surface area contributed by atoms with Crippen molar-refractivity contribution in [1.82, 2.24) is 14.7 Å². The molecule has 0 fully saturated rings. The predicted octanol–water partition coefficient (Wildman–Crippen LogP) is 3.70. The molecular formula is C17H16ClN3O2. The highest BCUT2D eigenvalue weighted by atomic mass is 35.5. The maximum Gasteiger partial charge on any atom is 0.255 e. The first-order chi connectivity index (χ1) is 11.0. The Labute approximate surface area is 139 Å². The first kappa shape index (κ1) is 15.4. The van der Waals surface area contributed by atoms with Crippen molar-refractivity contribution in [2.45, 2.75) is 13.5 Å². The molecule has 6 heteroatoms. The molecule has 0 aliphatic heterocycles. The number of amides is 1. The van der Waals surface area contributed by atoms with Gasteiger partial charge in [-0.2, -0.15) is 5.10 Å². The molecule has 0 spiro atoms. The number of rotatable bonds is 4. The minimum atomic E-state index is -0.168. The lowest BCUT2D eigenvalue weighted by Crippen LogP contribution is -2.26. The van der Waals surface area contributed by atoms with E-state index >= 15 is 0 Å². The fraction of sp³-hybridized carbons (Fsp3) is 0.176. The zero-order chi connectivity index (χ0) is 16.4. The number of carbonyl (C=O) groups excluding carboxylic acids is 1. The number of furan rings is 1. The smallest absolute Gasteiger partial charge is 0.255 e. The van der Waals surface area contributed by atoms with Gasteiger partial charge in [0.2, 0.25) is 0 Å². The zero-order valence-electron chi connectivity index (χ0n) is 12.9. The second-order valence-electron chi connectivity index (χ2n) is 5.29. The van der Waals surface area contributed by atoms with Crippen LogP contribution in [0.25, 0.3) is 5.69 Å². The Kier molecular flexibility index (Phi) is 4.21. The highest BCUT2D eigenvalue weighted by Gasteiger charge is 2.17. The van der Waals surface area contributed by atoms with E-state index in [9.17, 15) is 4.79 Å². The largest absolute Gasteiger partial charge is 0.464 e. The fourth-order valence-corrected chi connectivity index (χ4v) is 2.52. The van der Waals surface area contributed by atoms with E-state index in [0.29, 0.717) is 17.1 Å². The van der Waals surface area contributed by atoms with Crippen molar-refractivity contribution in [2.24, 2.45) is 0 Å². The molecule has 1 amide bonds. The molecule has 0 saturated heterocycles. The van der Waals surface area contributed by atoms with E-state index in [0.717, 1.165) is 17.2 Å². The molecule has 0 aliphatic rings. The number of hydrogen-bond donors (Lipinski definition) is 0. The molecule has 118 valence electrons. The van der Waals surface area contributed by atoms with Crippen LogP contribution >= 0.6 is 11.6 Å². The normalized spacial score (nSPS) is 10.7. The van der Waals surface area contributed by atoms with Crippen molar-refractivity contribution >= 4 is 17.5 Å². The molecule has 3 aromatic rings. The van der Waals surface area contributed by atoms with E-state index in [1.807, 2.05) is 37.4 Å². The molecule has 0 radical (unpaired) electrons. The highest BCUT2D eigenvalue weighted by Crippen LogP contribution is 2.22. The summed E-state index contributed by atoms with van der Waals surface area (Å²) in [4.78, 5) is 14.2. The lowest BCUT2D eigenvalue weighted by atomic mass is 10.1. The summed E-state index contributed by atoms with van der Waals surface area (Å²) < 4.78 is 7.20. The lowest BCUT2D eigenvalue weighted by molar-refractivity contribution is 0.0775. The van der Waals surface area contributed by atoms with E-state index in [1.54, 1.807) is 35.0 Å². The second-order valence-corrected chi connectivity index (χ2v) is 5.70. The van der Waals surface area contributed by atoms with Gasteiger partial charge in [0.25, 0.3) is 5.91 Å². The van der Waals surface area contributed by atoms with Crippen molar-refractivity contribution in [3.05, 3.63) is 70.9 Å². The van der Waals surface area contributed by atoms with Crippen LogP contribution in [0.15, 0.2) is 53.2 Å². The first-order valence-electron chi connectivity index (χ1n) is 7.15. The van der Waals surface area contributed by atoms with Crippen molar-refractivity contribution in [3.8, 4) is 5.69 Å². The summed E-state index contributed by atoms with van der Waals surface area (Å²) in [7, 11) is 1.72. The molecular weight excluding hydrogens is 314 g/mol. The van der Waals surface area contributed by atoms with Crippen LogP contribution in [0.1, 0.15) is 21.9 Å². The third-order valence-electron chi connectivity index (χ3n) is 3.49. The third kappa shape index (κ3) is 3.29. The number of halogens is 1. The molecule has 0 atom stereocenters. The fourth-order valence-electron chi connectivity index (χ4n) is 2.32. The van der Waals surface area contributed by atoms with Crippen LogP contribution in [0.2, 0.25) is 5.02 Å². The predicted molar refractivity (Wildman–Crippen MR) is 87.8 cm³/mol. The summed E-state index contributed by atoms with van der Waals surface area (Å²) >= 11 is 6.20. The van der Waals surface area contributed by atoms with Crippen molar-refractivity contribution < 1.29 is 9.21 Å². The summed E-state index contributed by atoms with van der Waals surface area (Å²) in [5.41, 5.74) is 1.22. The van der Waals surface area contributed by atoms with Crippen molar-refractivity contribution in [1.29, 1.82) is 0 Å². The number of nitrogens with zero attached hydrogens (tertiary/aromatic N) is 3. The quantitative estimate of drug-likeness (QED) is 0.733. The van der Waals surface area contributed by atoms with Gasteiger partial charge in [0.15, 0.2) is 0 Å². The summed E-state index contributed by atoms with van der Waals surface area (Å²) in [6.07, 6.45) is 3.49. The Balaban J connectivity index is 1.85. The van der Waals surface area contributed by atoms with E-state index in [-0.39, 0.29) is 5.91 Å². The van der Waals surface area contributed by atoms with Crippen molar-refractivity contribution in [3.63, 3.8) is 0 Å². The Morgan fingerprint density at radius 1 is 1.35 bits per heavy atom. The van der Waals surface area contributed by atoms with Crippen LogP contribution in [-0.4, -0.2) is 27.6 Å². The Hall–Kier alpha value is -2.53. The molecule has 0 unspecified atom stereocenters. The van der Waals surface area contributed by atoms with Gasteiger partial charge in [-0.15, -0.1) is 0 Å². The molecule has 2 aromatic heterocycles. The van der Waals surface area contributed by atoms with E-state index in [2.05, 4.69) is 5.10 Å². The molecule has 3 rings (SSSR count). The van der Waals surface area contributed by atoms with Gasteiger partial charge in [-0.1, -0.05) is 11.6 Å². The maximum absolute atomic E-state index is 12.7. The average Bonchev–Trinajstić information content (AvgIpc) is 3.19. The van der Waals surface area contributed by atoms with Gasteiger partial charge in [0.1, 0.15) is 11.5 Å². The summed E-state index contributed by atoms with van der Waals surface area (Å²) in [6, 6.07) is 10.8. The third-order valence-corrected chi connectivity index (χ3v) is 3.81. The Morgan fingerprint density at radius 2 is 2.17 bits per heavy atom. The first-order valence-corrected chi connectivity index (χ1v) is 7.53. The van der Waals surface area contributed by atoms with E-state index in [4.69, 9.17) is 16.0 Å². The zero-order valence-corrected chi connectivity index (χ0v) is 13.6. The summed E-state index contributed by atoms with van der Waals surface area (Å²) in [6.45, 7) is 2.25. The van der Waals surface area contributed by atoms with Gasteiger partial charge in [-0.05, 0) is 43.3 Å². The second kappa shape index (κ2) is 6.30. The van der Waals surface area contributed by atoms with E-state index < -0.39 is 0 Å². The number of benzene rings is 1. The van der Waals surface area contributed by atoms with Crippen LogP contribution < -0.4 is 0 Å². The molecule has 23 heavy (non-hydrogen) atoms. The SMILES string of the molecule is Cc1ccc(CN(C)C(=O)c2cc(-n3cccn3)ccc2Cl)o1. The summed E-state index contributed by atoms with van der Waals surface area (Å²) in [5.74, 6) is 1.38. The summed E-state index contributed by atoms with van der Waals surface area (Å²) in [5, 5.41) is 4.58. The molecule has 0 N–H and O–H groups in total. The molecule has 0 aliphatic carbocycles. The molecule has 2 heterocycles. The number of aromatic nitrogens is 2. The van der Waals surface area contributed by atoms with Gasteiger partial charge in [0, 0.05) is 19.4 Å². The maximum atomic E-state index is 12.7. The molecule has 0 bridgehead atoms. The molecule has 0 saturated carbocycles. The standard InChI is InChI=1S/C17H16ClN3O2/c1-12-4-6-14(23-12)11-20(2)17(22)15-10-13(5-7-16(15)18)21-9-3-8-19-21/h3-10H,11H2,1-2H3. The van der Waals surface area contributed by atoms with Crippen LogP contribution in [0.4, 0.5) is 0 Å². The van der Waals surface area contributed by atoms with Gasteiger partial charge in [0.05, 0.1) is 22.8 Å². The van der Waals surface area contributed by atoms with Crippen molar-refractivity contribution in [2.75, 3.05) is 7.05 Å². The molecule has 1 aromatic carbocycles. The van der Waals surface area contributed by atoms with Gasteiger partial charge < -0.3 is 9.32 Å². The topological polar surface area (TPSA) is 51.3 Å². The lowest BCUT2D eigenvalue weighted by Gasteiger charge is -2.17. The van der Waals surface area contributed by atoms with Crippen LogP contribution in [0, 0.1) is 6.92 Å². The van der Waals surface area contributed by atoms with Gasteiger partial charge in [-0.25, -0.2) is 4.68 Å². The van der Waals surface area contributed by atoms with Gasteiger partial charge >= 0.3 is 0 Å². The van der Waals surface area contributed by atoms with Gasteiger partial charge in [-0.3, -0.25) is 4.79 Å². The minimum Gasteiger partial charge on any atom is -0.464 e. The Morgan fingerprint density at radius 3 is 2.83 bits per heavy atom. The minimum absolute atomic E-state index is 0.168. The number of hydrogen-bond acceptors (Lipinski definition) is 3. The average molecular weight is 330 g/mol. The number of aryl methyl sites for hydroxylation is 1. The highest BCUT2D eigenvalue weighted by molar-refractivity contribution is 6.33. The Bertz CT molecular complexity index is 824. The van der Waals surface area contributed by atoms with Crippen LogP contribution in [0.3, 0.4) is 0 Å². The van der Waals surface area contributed by atoms with Crippen LogP contribution in [-0.2, 0) is 6.54 Å². The number of carbonyl (C=O) groups is 1. The molecule has 5 nitrogen and oxygen atoms in total. The monoisotopic (exact) mass is 329 g/mol. The van der Waals surface area contributed by atoms with Crippen LogP contribution in [0.5, 0.6) is 0 Å². The van der Waals surface area contributed by atoms with E-state index in [1.165, 1.54) is 0 Å².